The summed E-state index contributed by atoms with van der Waals surface area (Å²) in [5.41, 5.74) is 0.699. The van der Waals surface area contributed by atoms with Crippen molar-refractivity contribution in [1.82, 2.24) is 0 Å². The van der Waals surface area contributed by atoms with Crippen molar-refractivity contribution in [3.05, 3.63) is 35.4 Å². The van der Waals surface area contributed by atoms with Gasteiger partial charge in [-0.3, -0.25) is 4.79 Å². The fourth-order valence-corrected chi connectivity index (χ4v) is 2.99. The molecule has 0 saturated heterocycles. The minimum Gasteiger partial charge on any atom is -0.300 e. The number of hydrogen-bond acceptors (Lipinski definition) is 1. The molecule has 0 aromatic heterocycles. The smallest absolute Gasteiger partial charge is 0.263 e. The SMILES string of the molecule is CC(=O)C1C(c2cccc(C(F)F)c2)C1(C)Cl. The molecular weight excluding hydrogens is 246 g/mol. The molecular formula is C13H13ClF2O. The van der Waals surface area contributed by atoms with E-state index in [1.165, 1.54) is 19.1 Å². The van der Waals surface area contributed by atoms with Gasteiger partial charge >= 0.3 is 0 Å². The summed E-state index contributed by atoms with van der Waals surface area (Å²) < 4.78 is 25.2. The van der Waals surface area contributed by atoms with Crippen molar-refractivity contribution in [2.75, 3.05) is 0 Å². The lowest BCUT2D eigenvalue weighted by Crippen LogP contribution is -2.02. The second-order valence-electron chi connectivity index (χ2n) is 4.69. The van der Waals surface area contributed by atoms with Crippen LogP contribution in [-0.4, -0.2) is 10.7 Å². The molecule has 2 rings (SSSR count). The summed E-state index contributed by atoms with van der Waals surface area (Å²) in [5, 5.41) is 0. The van der Waals surface area contributed by atoms with Crippen LogP contribution < -0.4 is 0 Å². The molecule has 92 valence electrons. The first kappa shape index (κ1) is 12.5. The van der Waals surface area contributed by atoms with Crippen molar-refractivity contribution in [1.29, 1.82) is 0 Å². The fourth-order valence-electron chi connectivity index (χ4n) is 2.52. The molecule has 1 aromatic rings. The van der Waals surface area contributed by atoms with Crippen molar-refractivity contribution in [3.63, 3.8) is 0 Å². The van der Waals surface area contributed by atoms with Gasteiger partial charge in [0, 0.05) is 17.4 Å². The molecule has 1 aliphatic rings. The number of carbonyl (C=O) groups excluding carboxylic acids is 1. The Labute approximate surface area is 104 Å². The minimum absolute atomic E-state index is 0.00921. The zero-order valence-corrected chi connectivity index (χ0v) is 10.3. The number of ketones is 1. The van der Waals surface area contributed by atoms with Crippen molar-refractivity contribution in [2.45, 2.75) is 31.1 Å². The summed E-state index contributed by atoms with van der Waals surface area (Å²) in [6, 6.07) is 6.16. The molecule has 1 aromatic carbocycles. The molecule has 3 unspecified atom stereocenters. The van der Waals surface area contributed by atoms with Gasteiger partial charge in [0.15, 0.2) is 0 Å². The van der Waals surface area contributed by atoms with Crippen molar-refractivity contribution in [2.24, 2.45) is 5.92 Å². The number of carbonyl (C=O) groups is 1. The van der Waals surface area contributed by atoms with E-state index >= 15 is 0 Å². The average Bonchev–Trinajstić information content (AvgIpc) is 2.82. The zero-order chi connectivity index (χ0) is 12.8. The summed E-state index contributed by atoms with van der Waals surface area (Å²) >= 11 is 6.23. The van der Waals surface area contributed by atoms with Crippen molar-refractivity contribution >= 4 is 17.4 Å². The molecule has 3 atom stereocenters. The normalized spacial score (nSPS) is 31.6. The van der Waals surface area contributed by atoms with Crippen molar-refractivity contribution < 1.29 is 13.6 Å². The van der Waals surface area contributed by atoms with Crippen LogP contribution in [0.25, 0.3) is 0 Å². The number of rotatable bonds is 3. The Morgan fingerprint density at radius 1 is 1.47 bits per heavy atom. The Morgan fingerprint density at radius 3 is 2.59 bits per heavy atom. The van der Waals surface area contributed by atoms with Gasteiger partial charge in [-0.2, -0.15) is 0 Å². The van der Waals surface area contributed by atoms with Crippen LogP contribution in [0.4, 0.5) is 8.78 Å². The highest BCUT2D eigenvalue weighted by molar-refractivity contribution is 6.29. The van der Waals surface area contributed by atoms with Gasteiger partial charge in [-0.25, -0.2) is 8.78 Å². The Morgan fingerprint density at radius 2 is 2.12 bits per heavy atom. The molecule has 0 heterocycles. The third-order valence-corrected chi connectivity index (χ3v) is 3.87. The maximum atomic E-state index is 12.6. The van der Waals surface area contributed by atoms with Crippen LogP contribution in [0.2, 0.25) is 0 Å². The Balaban J connectivity index is 2.31. The lowest BCUT2D eigenvalue weighted by molar-refractivity contribution is -0.118. The lowest BCUT2D eigenvalue weighted by Gasteiger charge is -2.04. The van der Waals surface area contributed by atoms with E-state index in [9.17, 15) is 13.6 Å². The van der Waals surface area contributed by atoms with Crippen LogP contribution >= 0.6 is 11.6 Å². The number of Topliss-reactive ketones (excluding diaryl/α,β-unsaturated/α-hetero) is 1. The molecule has 0 N–H and O–H groups in total. The van der Waals surface area contributed by atoms with Gasteiger partial charge in [-0.05, 0) is 25.5 Å². The van der Waals surface area contributed by atoms with E-state index in [0.29, 0.717) is 0 Å². The van der Waals surface area contributed by atoms with E-state index in [4.69, 9.17) is 11.6 Å². The van der Waals surface area contributed by atoms with Crippen LogP contribution in [0, 0.1) is 5.92 Å². The highest BCUT2D eigenvalue weighted by Crippen LogP contribution is 2.62. The highest BCUT2D eigenvalue weighted by Gasteiger charge is 2.63. The van der Waals surface area contributed by atoms with E-state index < -0.39 is 11.3 Å². The van der Waals surface area contributed by atoms with Gasteiger partial charge in [0.2, 0.25) is 0 Å². The molecule has 1 fully saturated rings. The summed E-state index contributed by atoms with van der Waals surface area (Å²) in [4.78, 5) is 10.8. The molecule has 17 heavy (non-hydrogen) atoms. The fraction of sp³-hybridized carbons (Fsp3) is 0.462. The zero-order valence-electron chi connectivity index (χ0n) is 9.58. The van der Waals surface area contributed by atoms with Crippen LogP contribution in [0.1, 0.15) is 37.3 Å². The van der Waals surface area contributed by atoms with E-state index in [-0.39, 0.29) is 23.2 Å². The number of alkyl halides is 3. The number of benzene rings is 1. The Hall–Kier alpha value is -0.960. The standard InChI is InChI=1S/C13H13ClF2O/c1-7(17)10-11(13(10,2)14)8-4-3-5-9(6-8)12(15)16/h3-6,10-12H,1-2H3. The highest BCUT2D eigenvalue weighted by atomic mass is 35.5. The molecule has 4 heteroatoms. The van der Waals surface area contributed by atoms with Gasteiger partial charge in [-0.15, -0.1) is 11.6 Å². The molecule has 1 nitrogen and oxygen atoms in total. The number of hydrogen-bond donors (Lipinski definition) is 0. The third-order valence-electron chi connectivity index (χ3n) is 3.40. The first-order valence-electron chi connectivity index (χ1n) is 5.43. The molecule has 0 radical (unpaired) electrons. The van der Waals surface area contributed by atoms with E-state index in [1.54, 1.807) is 19.1 Å². The largest absolute Gasteiger partial charge is 0.300 e. The quantitative estimate of drug-likeness (QED) is 0.751. The summed E-state index contributed by atoms with van der Waals surface area (Å²) in [6.45, 7) is 3.27. The Bertz CT molecular complexity index is 456. The maximum absolute atomic E-state index is 12.6. The topological polar surface area (TPSA) is 17.1 Å². The minimum atomic E-state index is -2.49. The lowest BCUT2D eigenvalue weighted by atomic mass is 10.0. The van der Waals surface area contributed by atoms with Gasteiger partial charge < -0.3 is 0 Å². The average molecular weight is 259 g/mol. The predicted octanol–water partition coefficient (Wildman–Crippen LogP) is 3.92. The molecule has 0 amide bonds. The number of halogens is 3. The second-order valence-corrected chi connectivity index (χ2v) is 5.50. The van der Waals surface area contributed by atoms with Gasteiger partial charge in [0.25, 0.3) is 6.43 Å². The van der Waals surface area contributed by atoms with Crippen molar-refractivity contribution in [3.8, 4) is 0 Å². The molecule has 1 saturated carbocycles. The summed E-state index contributed by atoms with van der Waals surface area (Å²) in [5.74, 6) is -0.410. The van der Waals surface area contributed by atoms with Crippen LogP contribution in [0.15, 0.2) is 24.3 Å². The molecule has 0 spiro atoms. The molecule has 1 aliphatic carbocycles. The first-order chi connectivity index (χ1) is 7.85. The van der Waals surface area contributed by atoms with Gasteiger partial charge in [-0.1, -0.05) is 18.2 Å². The van der Waals surface area contributed by atoms with E-state index in [0.717, 1.165) is 5.56 Å². The molecule has 0 bridgehead atoms. The maximum Gasteiger partial charge on any atom is 0.263 e. The predicted molar refractivity (Wildman–Crippen MR) is 62.6 cm³/mol. The Kier molecular flexibility index (Phi) is 2.98. The second kappa shape index (κ2) is 4.05. The first-order valence-corrected chi connectivity index (χ1v) is 5.81. The van der Waals surface area contributed by atoms with Gasteiger partial charge in [0.1, 0.15) is 5.78 Å². The monoisotopic (exact) mass is 258 g/mol. The molecule has 0 aliphatic heterocycles. The van der Waals surface area contributed by atoms with Crippen LogP contribution in [-0.2, 0) is 4.79 Å². The van der Waals surface area contributed by atoms with E-state index in [2.05, 4.69) is 0 Å². The van der Waals surface area contributed by atoms with Crippen LogP contribution in [0.3, 0.4) is 0 Å². The van der Waals surface area contributed by atoms with E-state index in [1.807, 2.05) is 0 Å². The van der Waals surface area contributed by atoms with Crippen LogP contribution in [0.5, 0.6) is 0 Å². The third kappa shape index (κ3) is 2.08. The summed E-state index contributed by atoms with van der Waals surface area (Å²) in [7, 11) is 0. The summed E-state index contributed by atoms with van der Waals surface area (Å²) in [6.07, 6.45) is -2.49. The van der Waals surface area contributed by atoms with Gasteiger partial charge in [0.05, 0.1) is 4.87 Å².